The number of benzene rings is 1. The van der Waals surface area contributed by atoms with Crippen LogP contribution in [0, 0.1) is 6.92 Å². The number of thiophene rings is 1. The van der Waals surface area contributed by atoms with Crippen molar-refractivity contribution in [1.82, 2.24) is 10.2 Å². The van der Waals surface area contributed by atoms with E-state index in [0.717, 1.165) is 19.6 Å². The van der Waals surface area contributed by atoms with Gasteiger partial charge in [0.05, 0.1) is 0 Å². The van der Waals surface area contributed by atoms with Crippen LogP contribution in [0.1, 0.15) is 28.5 Å². The van der Waals surface area contributed by atoms with Crippen molar-refractivity contribution in [2.45, 2.75) is 25.9 Å². The van der Waals surface area contributed by atoms with E-state index in [0.29, 0.717) is 6.04 Å². The summed E-state index contributed by atoms with van der Waals surface area (Å²) in [4.78, 5) is 4.11. The van der Waals surface area contributed by atoms with E-state index < -0.39 is 0 Å². The van der Waals surface area contributed by atoms with E-state index in [1.54, 1.807) is 0 Å². The van der Waals surface area contributed by atoms with Gasteiger partial charge in [0.1, 0.15) is 0 Å². The van der Waals surface area contributed by atoms with Crippen molar-refractivity contribution < 1.29 is 0 Å². The predicted octanol–water partition coefficient (Wildman–Crippen LogP) is 3.59. The molecule has 1 unspecified atom stereocenters. The Bertz CT molecular complexity index is 535. The highest BCUT2D eigenvalue weighted by Crippen LogP contribution is 2.22. The fraction of sp³-hybridized carbons (Fsp3) is 0.412. The molecule has 0 saturated carbocycles. The fourth-order valence-corrected chi connectivity index (χ4v) is 3.76. The van der Waals surface area contributed by atoms with Crippen LogP contribution < -0.4 is 5.32 Å². The van der Waals surface area contributed by atoms with Crippen LogP contribution in [-0.4, -0.2) is 24.5 Å². The smallest absolute Gasteiger partial charge is 0.0449 e. The Balaban J connectivity index is 1.71. The molecule has 1 aliphatic heterocycles. The fourth-order valence-electron chi connectivity index (χ4n) is 2.81. The van der Waals surface area contributed by atoms with Gasteiger partial charge in [-0.25, -0.2) is 0 Å². The van der Waals surface area contributed by atoms with Crippen LogP contribution >= 0.6 is 11.3 Å². The number of hydrogen-bond donors (Lipinski definition) is 1. The highest BCUT2D eigenvalue weighted by molar-refractivity contribution is 7.10. The summed E-state index contributed by atoms with van der Waals surface area (Å²) in [6, 6.07) is 13.5. The van der Waals surface area contributed by atoms with Crippen molar-refractivity contribution in [3.8, 4) is 0 Å². The second-order valence-corrected chi connectivity index (χ2v) is 6.53. The highest BCUT2D eigenvalue weighted by Gasteiger charge is 2.19. The van der Waals surface area contributed by atoms with Crippen LogP contribution in [-0.2, 0) is 6.54 Å². The largest absolute Gasteiger partial charge is 0.309 e. The van der Waals surface area contributed by atoms with Crippen LogP contribution in [0.5, 0.6) is 0 Å². The summed E-state index contributed by atoms with van der Waals surface area (Å²) >= 11 is 1.88. The molecule has 3 rings (SSSR count). The molecule has 106 valence electrons. The first-order chi connectivity index (χ1) is 9.83. The van der Waals surface area contributed by atoms with Crippen molar-refractivity contribution in [2.75, 3.05) is 19.6 Å². The van der Waals surface area contributed by atoms with Crippen molar-refractivity contribution in [3.05, 3.63) is 57.8 Å². The average Bonchev–Trinajstić information content (AvgIpc) is 2.75. The molecule has 2 heterocycles. The average molecular weight is 286 g/mol. The lowest BCUT2D eigenvalue weighted by atomic mass is 10.1. The van der Waals surface area contributed by atoms with Crippen LogP contribution in [0.25, 0.3) is 0 Å². The maximum Gasteiger partial charge on any atom is 0.0449 e. The molecule has 3 heteroatoms. The van der Waals surface area contributed by atoms with Gasteiger partial charge in [-0.1, -0.05) is 30.3 Å². The van der Waals surface area contributed by atoms with E-state index in [1.807, 2.05) is 11.3 Å². The van der Waals surface area contributed by atoms with Gasteiger partial charge in [-0.15, -0.1) is 11.3 Å². The Kier molecular flexibility index (Phi) is 4.51. The molecule has 0 amide bonds. The van der Waals surface area contributed by atoms with Gasteiger partial charge in [-0.05, 0) is 49.0 Å². The van der Waals surface area contributed by atoms with E-state index >= 15 is 0 Å². The third-order valence-electron chi connectivity index (χ3n) is 4.02. The minimum atomic E-state index is 0.457. The van der Waals surface area contributed by atoms with Crippen LogP contribution in [0.3, 0.4) is 0 Å². The number of hydrogen-bond acceptors (Lipinski definition) is 3. The summed E-state index contributed by atoms with van der Waals surface area (Å²) in [6.07, 6.45) is 1.23. The molecule has 0 radical (unpaired) electrons. The van der Waals surface area contributed by atoms with Crippen molar-refractivity contribution in [2.24, 2.45) is 0 Å². The molecule has 1 aromatic heterocycles. The van der Waals surface area contributed by atoms with Gasteiger partial charge in [0.25, 0.3) is 0 Å². The van der Waals surface area contributed by atoms with E-state index in [4.69, 9.17) is 0 Å². The molecule has 1 N–H and O–H groups in total. The summed E-state index contributed by atoms with van der Waals surface area (Å²) in [6.45, 7) is 6.71. The molecule has 1 atom stereocenters. The Hall–Kier alpha value is -1.16. The summed E-state index contributed by atoms with van der Waals surface area (Å²) in [7, 11) is 0. The minimum Gasteiger partial charge on any atom is -0.309 e. The molecule has 1 fully saturated rings. The normalized spacial score (nSPS) is 20.8. The first-order valence-electron chi connectivity index (χ1n) is 7.36. The molecule has 0 spiro atoms. The van der Waals surface area contributed by atoms with Gasteiger partial charge < -0.3 is 5.32 Å². The van der Waals surface area contributed by atoms with E-state index in [2.05, 4.69) is 58.9 Å². The summed E-state index contributed by atoms with van der Waals surface area (Å²) in [5, 5.41) is 5.89. The zero-order valence-electron chi connectivity index (χ0n) is 12.0. The first-order valence-corrected chi connectivity index (χ1v) is 8.24. The van der Waals surface area contributed by atoms with Gasteiger partial charge in [0.2, 0.25) is 0 Å². The van der Waals surface area contributed by atoms with Gasteiger partial charge in [0.15, 0.2) is 0 Å². The third-order valence-corrected chi connectivity index (χ3v) is 5.03. The van der Waals surface area contributed by atoms with E-state index in [9.17, 15) is 0 Å². The van der Waals surface area contributed by atoms with Crippen molar-refractivity contribution in [1.29, 1.82) is 0 Å². The number of nitrogens with zero attached hydrogens (tertiary/aromatic N) is 1. The molecular weight excluding hydrogens is 264 g/mol. The van der Waals surface area contributed by atoms with Crippen molar-refractivity contribution >= 4 is 11.3 Å². The standard InChI is InChI=1S/C17H22N2S/c1-14-8-11-20-17(14)13-19-10-5-9-18-16(12-19)15-6-3-2-4-7-15/h2-4,6-8,11,16,18H,5,9-10,12-13H2,1H3. The quantitative estimate of drug-likeness (QED) is 0.927. The lowest BCUT2D eigenvalue weighted by Gasteiger charge is -2.24. The van der Waals surface area contributed by atoms with Crippen LogP contribution in [0.2, 0.25) is 0 Å². The third kappa shape index (κ3) is 3.29. The molecular formula is C17H22N2S. The second kappa shape index (κ2) is 6.53. The molecule has 2 nitrogen and oxygen atoms in total. The van der Waals surface area contributed by atoms with Crippen molar-refractivity contribution in [3.63, 3.8) is 0 Å². The van der Waals surface area contributed by atoms with E-state index in [1.165, 1.54) is 29.0 Å². The number of aryl methyl sites for hydroxylation is 1. The first kappa shape index (κ1) is 13.8. The maximum atomic E-state index is 3.68. The Morgan fingerprint density at radius 2 is 2.10 bits per heavy atom. The zero-order chi connectivity index (χ0) is 13.8. The summed E-state index contributed by atoms with van der Waals surface area (Å²) in [5.74, 6) is 0. The highest BCUT2D eigenvalue weighted by atomic mass is 32.1. The molecule has 1 aromatic carbocycles. The van der Waals surface area contributed by atoms with Gasteiger partial charge in [0, 0.05) is 24.0 Å². The van der Waals surface area contributed by atoms with Gasteiger partial charge in [-0.2, -0.15) is 0 Å². The molecule has 0 bridgehead atoms. The number of rotatable bonds is 3. The molecule has 20 heavy (non-hydrogen) atoms. The molecule has 1 aliphatic rings. The predicted molar refractivity (Wildman–Crippen MR) is 86.1 cm³/mol. The lowest BCUT2D eigenvalue weighted by molar-refractivity contribution is 0.262. The monoisotopic (exact) mass is 286 g/mol. The summed E-state index contributed by atoms with van der Waals surface area (Å²) in [5.41, 5.74) is 2.84. The number of nitrogens with one attached hydrogen (secondary N) is 1. The van der Waals surface area contributed by atoms with Gasteiger partial charge in [-0.3, -0.25) is 4.90 Å². The summed E-state index contributed by atoms with van der Waals surface area (Å²) < 4.78 is 0. The van der Waals surface area contributed by atoms with Gasteiger partial charge >= 0.3 is 0 Å². The molecule has 2 aromatic rings. The van der Waals surface area contributed by atoms with Crippen LogP contribution in [0.4, 0.5) is 0 Å². The lowest BCUT2D eigenvalue weighted by Crippen LogP contribution is -2.31. The Morgan fingerprint density at radius 1 is 1.25 bits per heavy atom. The van der Waals surface area contributed by atoms with Crippen LogP contribution in [0.15, 0.2) is 41.8 Å². The Morgan fingerprint density at radius 3 is 2.85 bits per heavy atom. The maximum absolute atomic E-state index is 3.68. The molecule has 1 saturated heterocycles. The molecule has 0 aliphatic carbocycles. The SMILES string of the molecule is Cc1ccsc1CN1CCCNC(c2ccccc2)C1. The minimum absolute atomic E-state index is 0.457. The topological polar surface area (TPSA) is 15.3 Å². The van der Waals surface area contributed by atoms with E-state index in [-0.39, 0.29) is 0 Å². The zero-order valence-corrected chi connectivity index (χ0v) is 12.8. The second-order valence-electron chi connectivity index (χ2n) is 5.53. The Labute approximate surface area is 125 Å².